The van der Waals surface area contributed by atoms with Crippen LogP contribution in [0.5, 0.6) is 0 Å². The van der Waals surface area contributed by atoms with Crippen LogP contribution < -0.4 is 15.5 Å². The molecule has 1 aliphatic heterocycles. The molecule has 2 aromatic carbocycles. The predicted molar refractivity (Wildman–Crippen MR) is 126 cm³/mol. The summed E-state index contributed by atoms with van der Waals surface area (Å²) < 4.78 is 20.4. The zero-order valence-electron chi connectivity index (χ0n) is 19.0. The summed E-state index contributed by atoms with van der Waals surface area (Å²) in [6.07, 6.45) is 5.31. The summed E-state index contributed by atoms with van der Waals surface area (Å²) in [5.74, 6) is -0.642. The van der Waals surface area contributed by atoms with Crippen molar-refractivity contribution in [3.63, 3.8) is 0 Å². The van der Waals surface area contributed by atoms with Gasteiger partial charge in [0.05, 0.1) is 17.9 Å². The molecule has 0 bridgehead atoms. The van der Waals surface area contributed by atoms with E-state index in [0.717, 1.165) is 18.4 Å². The van der Waals surface area contributed by atoms with Crippen LogP contribution in [0.15, 0.2) is 48.5 Å². The van der Waals surface area contributed by atoms with E-state index < -0.39 is 0 Å². The van der Waals surface area contributed by atoms with Crippen molar-refractivity contribution in [2.45, 2.75) is 51.5 Å². The summed E-state index contributed by atoms with van der Waals surface area (Å²) in [4.78, 5) is 26.2. The minimum Gasteiger partial charge on any atom is -0.372 e. The first-order valence-electron chi connectivity index (χ1n) is 11.4. The topological polar surface area (TPSA) is 70.7 Å². The summed E-state index contributed by atoms with van der Waals surface area (Å²) >= 11 is 0. The normalized spacial score (nSPS) is 20.6. The van der Waals surface area contributed by atoms with E-state index in [1.54, 1.807) is 36.4 Å². The summed E-state index contributed by atoms with van der Waals surface area (Å²) in [5.41, 5.74) is 2.67. The van der Waals surface area contributed by atoms with Gasteiger partial charge in [-0.3, -0.25) is 9.59 Å². The Morgan fingerprint density at radius 2 is 1.79 bits per heavy atom. The first kappa shape index (κ1) is 23.0. The van der Waals surface area contributed by atoms with Crippen molar-refractivity contribution in [1.82, 2.24) is 10.6 Å². The number of carbonyl (C=O) groups is 2. The van der Waals surface area contributed by atoms with Gasteiger partial charge < -0.3 is 20.3 Å². The quantitative estimate of drug-likeness (QED) is 0.631. The number of morpholine rings is 1. The molecule has 0 radical (unpaired) electrons. The number of carbonyl (C=O) groups excluding carboxylic acids is 2. The number of hydrogen-bond acceptors (Lipinski definition) is 4. The van der Waals surface area contributed by atoms with Crippen molar-refractivity contribution in [3.8, 4) is 0 Å². The molecule has 33 heavy (non-hydrogen) atoms. The lowest BCUT2D eigenvalue weighted by atomic mass is 10.1. The molecular weight excluding hydrogens is 421 g/mol. The van der Waals surface area contributed by atoms with Gasteiger partial charge in [0, 0.05) is 37.3 Å². The lowest BCUT2D eigenvalue weighted by Gasteiger charge is -2.37. The molecule has 174 valence electrons. The first-order chi connectivity index (χ1) is 15.9. The van der Waals surface area contributed by atoms with Crippen LogP contribution in [0.4, 0.5) is 10.1 Å². The molecule has 6 nitrogen and oxygen atoms in total. The molecule has 7 heteroatoms. The highest BCUT2D eigenvalue weighted by Gasteiger charge is 2.25. The molecule has 0 aromatic heterocycles. The lowest BCUT2D eigenvalue weighted by molar-refractivity contribution is -0.116. The third-order valence-corrected chi connectivity index (χ3v) is 5.75. The molecule has 1 heterocycles. The predicted octanol–water partition coefficient (Wildman–Crippen LogP) is 3.66. The van der Waals surface area contributed by atoms with Gasteiger partial charge in [0.1, 0.15) is 5.82 Å². The van der Waals surface area contributed by atoms with E-state index in [2.05, 4.69) is 10.6 Å². The number of rotatable bonds is 7. The second-order valence-electron chi connectivity index (χ2n) is 8.87. The number of halogens is 1. The molecule has 2 aliphatic rings. The SMILES string of the molecule is CC1CN(c2ccc(CNC(=O)C=Cc3ccc(C(=O)NC4CC4)cc3)cc2F)CC(C)O1. The number of amides is 2. The number of ether oxygens (including phenoxy) is 1. The molecule has 2 amide bonds. The van der Waals surface area contributed by atoms with Crippen molar-refractivity contribution >= 4 is 23.6 Å². The zero-order chi connectivity index (χ0) is 23.4. The monoisotopic (exact) mass is 451 g/mol. The van der Waals surface area contributed by atoms with Gasteiger partial charge >= 0.3 is 0 Å². The second kappa shape index (κ2) is 10.2. The Kier molecular flexibility index (Phi) is 7.08. The third-order valence-electron chi connectivity index (χ3n) is 5.75. The fourth-order valence-corrected chi connectivity index (χ4v) is 3.95. The van der Waals surface area contributed by atoms with E-state index in [0.29, 0.717) is 35.9 Å². The van der Waals surface area contributed by atoms with Gasteiger partial charge in [-0.1, -0.05) is 18.2 Å². The van der Waals surface area contributed by atoms with Crippen LogP contribution in [-0.4, -0.2) is 43.2 Å². The van der Waals surface area contributed by atoms with Crippen molar-refractivity contribution in [3.05, 3.63) is 71.0 Å². The Morgan fingerprint density at radius 3 is 2.42 bits per heavy atom. The minimum atomic E-state index is -0.301. The molecule has 4 rings (SSSR count). The average molecular weight is 452 g/mol. The molecule has 0 spiro atoms. The fraction of sp³-hybridized carbons (Fsp3) is 0.385. The van der Waals surface area contributed by atoms with Crippen LogP contribution in [0.2, 0.25) is 0 Å². The Bertz CT molecular complexity index is 1020. The van der Waals surface area contributed by atoms with Crippen LogP contribution in [-0.2, 0) is 16.1 Å². The van der Waals surface area contributed by atoms with Gasteiger partial charge in [-0.2, -0.15) is 0 Å². The van der Waals surface area contributed by atoms with E-state index in [4.69, 9.17) is 4.74 Å². The fourth-order valence-electron chi connectivity index (χ4n) is 3.95. The van der Waals surface area contributed by atoms with Crippen LogP contribution in [0.1, 0.15) is 48.2 Å². The Morgan fingerprint density at radius 1 is 1.09 bits per heavy atom. The molecule has 1 aliphatic carbocycles. The van der Waals surface area contributed by atoms with Crippen LogP contribution in [0.3, 0.4) is 0 Å². The van der Waals surface area contributed by atoms with Gasteiger partial charge in [-0.15, -0.1) is 0 Å². The number of nitrogens with zero attached hydrogens (tertiary/aromatic N) is 1. The molecule has 2 unspecified atom stereocenters. The maximum Gasteiger partial charge on any atom is 0.251 e. The van der Waals surface area contributed by atoms with Gasteiger partial charge in [0.2, 0.25) is 5.91 Å². The number of anilines is 1. The van der Waals surface area contributed by atoms with Crippen molar-refractivity contribution in [2.75, 3.05) is 18.0 Å². The standard InChI is InChI=1S/C26H30FN3O3/c1-17-15-30(16-18(2)33-17)24-11-5-20(13-23(24)27)14-28-25(31)12-6-19-3-7-21(8-4-19)26(32)29-22-9-10-22/h3-8,11-13,17-18,22H,9-10,14-16H2,1-2H3,(H,28,31)(H,29,32). The van der Waals surface area contributed by atoms with Crippen LogP contribution >= 0.6 is 0 Å². The highest BCUT2D eigenvalue weighted by atomic mass is 19.1. The molecular formula is C26H30FN3O3. The maximum absolute atomic E-state index is 14.7. The van der Waals surface area contributed by atoms with Gasteiger partial charge in [0.25, 0.3) is 5.91 Å². The number of hydrogen-bond donors (Lipinski definition) is 2. The lowest BCUT2D eigenvalue weighted by Crippen LogP contribution is -2.45. The smallest absolute Gasteiger partial charge is 0.251 e. The summed E-state index contributed by atoms with van der Waals surface area (Å²) in [7, 11) is 0. The maximum atomic E-state index is 14.7. The van der Waals surface area contributed by atoms with Crippen molar-refractivity contribution < 1.29 is 18.7 Å². The summed E-state index contributed by atoms with van der Waals surface area (Å²) in [6, 6.07) is 12.5. The molecule has 1 saturated carbocycles. The van der Waals surface area contributed by atoms with Crippen molar-refractivity contribution in [2.24, 2.45) is 0 Å². The van der Waals surface area contributed by atoms with Crippen LogP contribution in [0.25, 0.3) is 6.08 Å². The average Bonchev–Trinajstić information content (AvgIpc) is 3.60. The Labute approximate surface area is 193 Å². The van der Waals surface area contributed by atoms with E-state index >= 15 is 0 Å². The molecule has 2 N–H and O–H groups in total. The van der Waals surface area contributed by atoms with Crippen LogP contribution in [0, 0.1) is 5.82 Å². The highest BCUT2D eigenvalue weighted by Crippen LogP contribution is 2.24. The molecule has 2 aromatic rings. The van der Waals surface area contributed by atoms with Gasteiger partial charge in [-0.05, 0) is 68.2 Å². The van der Waals surface area contributed by atoms with E-state index in [9.17, 15) is 14.0 Å². The Hall–Kier alpha value is -3.19. The minimum absolute atomic E-state index is 0.0509. The van der Waals surface area contributed by atoms with Crippen molar-refractivity contribution in [1.29, 1.82) is 0 Å². The molecule has 1 saturated heterocycles. The van der Waals surface area contributed by atoms with E-state index in [1.807, 2.05) is 24.8 Å². The molecule has 2 fully saturated rings. The van der Waals surface area contributed by atoms with E-state index in [-0.39, 0.29) is 36.4 Å². The van der Waals surface area contributed by atoms with E-state index in [1.165, 1.54) is 12.1 Å². The first-order valence-corrected chi connectivity index (χ1v) is 11.4. The van der Waals surface area contributed by atoms with Gasteiger partial charge in [0.15, 0.2) is 0 Å². The Balaban J connectivity index is 1.28. The summed E-state index contributed by atoms with van der Waals surface area (Å²) in [5, 5.41) is 5.72. The number of benzene rings is 2. The molecule has 2 atom stereocenters. The summed E-state index contributed by atoms with van der Waals surface area (Å²) in [6.45, 7) is 5.50. The largest absolute Gasteiger partial charge is 0.372 e. The second-order valence-corrected chi connectivity index (χ2v) is 8.87. The third kappa shape index (κ3) is 6.42. The van der Waals surface area contributed by atoms with Gasteiger partial charge in [-0.25, -0.2) is 4.39 Å². The zero-order valence-corrected chi connectivity index (χ0v) is 19.0. The number of nitrogens with one attached hydrogen (secondary N) is 2. The highest BCUT2D eigenvalue weighted by molar-refractivity contribution is 5.95.